The molecule has 76 valence electrons. The Morgan fingerprint density at radius 3 is 2.79 bits per heavy atom. The quantitative estimate of drug-likeness (QED) is 0.606. The van der Waals surface area contributed by atoms with Crippen LogP contribution in [0.15, 0.2) is 12.1 Å². The third-order valence-electron chi connectivity index (χ3n) is 1.84. The van der Waals surface area contributed by atoms with Crippen molar-refractivity contribution in [1.82, 2.24) is 0 Å². The van der Waals surface area contributed by atoms with Gasteiger partial charge in [-0.3, -0.25) is 0 Å². The number of ether oxygens (including phenoxy) is 1. The summed E-state index contributed by atoms with van der Waals surface area (Å²) < 4.78 is 4.87. The number of hydrogen-bond acceptors (Lipinski definition) is 3. The van der Waals surface area contributed by atoms with Gasteiger partial charge in [-0.25, -0.2) is 4.79 Å². The van der Waals surface area contributed by atoms with Gasteiger partial charge in [-0.05, 0) is 31.5 Å². The lowest BCUT2D eigenvalue weighted by Crippen LogP contribution is -2.07. The number of nitrogens with two attached hydrogens (primary N) is 1. The Bertz CT molecular complexity index is 363. The maximum Gasteiger partial charge on any atom is 0.338 e. The number of carbonyl (C=O) groups is 1. The first-order chi connectivity index (χ1) is 6.56. The molecule has 4 heteroatoms. The zero-order valence-electron chi connectivity index (χ0n) is 8.13. The number of benzene rings is 1. The van der Waals surface area contributed by atoms with E-state index in [1.54, 1.807) is 19.9 Å². The lowest BCUT2D eigenvalue weighted by atomic mass is 10.1. The second-order valence-electron chi connectivity index (χ2n) is 2.91. The van der Waals surface area contributed by atoms with Crippen molar-refractivity contribution in [3.63, 3.8) is 0 Å². The molecule has 0 unspecified atom stereocenters. The molecular formula is C10H12ClNO2. The van der Waals surface area contributed by atoms with Crippen molar-refractivity contribution >= 4 is 23.3 Å². The fraction of sp³-hybridized carbons (Fsp3) is 0.300. The molecule has 1 aromatic carbocycles. The Hall–Kier alpha value is -1.22. The summed E-state index contributed by atoms with van der Waals surface area (Å²) in [6, 6.07) is 3.19. The average Bonchev–Trinajstić information content (AvgIpc) is 2.11. The fourth-order valence-electron chi connectivity index (χ4n) is 1.12. The predicted molar refractivity (Wildman–Crippen MR) is 56.6 cm³/mol. The van der Waals surface area contributed by atoms with Crippen LogP contribution in [0.25, 0.3) is 0 Å². The number of anilines is 1. The Labute approximate surface area is 87.8 Å². The van der Waals surface area contributed by atoms with Gasteiger partial charge in [0.25, 0.3) is 0 Å². The Kier molecular flexibility index (Phi) is 3.36. The molecular weight excluding hydrogens is 202 g/mol. The number of carbonyl (C=O) groups excluding carboxylic acids is 1. The van der Waals surface area contributed by atoms with E-state index in [4.69, 9.17) is 22.1 Å². The van der Waals surface area contributed by atoms with Crippen LogP contribution in [0.4, 0.5) is 5.69 Å². The van der Waals surface area contributed by atoms with Gasteiger partial charge >= 0.3 is 5.97 Å². The van der Waals surface area contributed by atoms with Gasteiger partial charge in [-0.15, -0.1) is 0 Å². The van der Waals surface area contributed by atoms with Crippen molar-refractivity contribution in [3.05, 3.63) is 28.3 Å². The lowest BCUT2D eigenvalue weighted by Gasteiger charge is -2.07. The van der Waals surface area contributed by atoms with Crippen LogP contribution < -0.4 is 5.73 Å². The summed E-state index contributed by atoms with van der Waals surface area (Å²) in [6.07, 6.45) is 0. The van der Waals surface area contributed by atoms with Crippen LogP contribution in [0.3, 0.4) is 0 Å². The van der Waals surface area contributed by atoms with E-state index in [9.17, 15) is 4.79 Å². The summed E-state index contributed by atoms with van der Waals surface area (Å²) in [6.45, 7) is 3.89. The molecule has 0 aliphatic heterocycles. The molecule has 14 heavy (non-hydrogen) atoms. The molecule has 0 aliphatic rings. The zero-order chi connectivity index (χ0) is 10.7. The molecule has 0 bridgehead atoms. The van der Waals surface area contributed by atoms with E-state index in [0.717, 1.165) is 5.56 Å². The van der Waals surface area contributed by atoms with Crippen molar-refractivity contribution in [2.24, 2.45) is 0 Å². The summed E-state index contributed by atoms with van der Waals surface area (Å²) in [5.74, 6) is -0.367. The van der Waals surface area contributed by atoms with Crippen LogP contribution in [0.2, 0.25) is 5.02 Å². The van der Waals surface area contributed by atoms with E-state index in [1.165, 1.54) is 6.07 Å². The number of hydrogen-bond donors (Lipinski definition) is 1. The SMILES string of the molecule is CCOC(=O)c1cc(N)c(Cl)cc1C. The molecule has 1 rings (SSSR count). The van der Waals surface area contributed by atoms with Gasteiger partial charge in [0.1, 0.15) is 0 Å². The first-order valence-corrected chi connectivity index (χ1v) is 4.66. The smallest absolute Gasteiger partial charge is 0.338 e. The topological polar surface area (TPSA) is 52.3 Å². The molecule has 0 spiro atoms. The molecule has 0 fully saturated rings. The average molecular weight is 214 g/mol. The lowest BCUT2D eigenvalue weighted by molar-refractivity contribution is 0.0525. The summed E-state index contributed by atoms with van der Waals surface area (Å²) in [7, 11) is 0. The van der Waals surface area contributed by atoms with Crippen LogP contribution in [-0.2, 0) is 4.74 Å². The summed E-state index contributed by atoms with van der Waals surface area (Å²) in [5, 5.41) is 0.454. The number of nitrogen functional groups attached to an aromatic ring is 1. The van der Waals surface area contributed by atoms with Crippen LogP contribution in [0.1, 0.15) is 22.8 Å². The van der Waals surface area contributed by atoms with Gasteiger partial charge in [0.2, 0.25) is 0 Å². The van der Waals surface area contributed by atoms with Crippen molar-refractivity contribution < 1.29 is 9.53 Å². The summed E-state index contributed by atoms with van der Waals surface area (Å²) in [5.41, 5.74) is 7.21. The first kappa shape index (κ1) is 10.9. The molecule has 0 atom stereocenters. The monoisotopic (exact) mass is 213 g/mol. The highest BCUT2D eigenvalue weighted by Crippen LogP contribution is 2.23. The third kappa shape index (κ3) is 2.17. The molecule has 0 aliphatic carbocycles. The van der Waals surface area contributed by atoms with E-state index in [-0.39, 0.29) is 5.97 Å². The van der Waals surface area contributed by atoms with E-state index >= 15 is 0 Å². The number of aryl methyl sites for hydroxylation is 1. The van der Waals surface area contributed by atoms with E-state index in [0.29, 0.717) is 22.9 Å². The largest absolute Gasteiger partial charge is 0.462 e. The van der Waals surface area contributed by atoms with Gasteiger partial charge < -0.3 is 10.5 Å². The second kappa shape index (κ2) is 4.33. The minimum Gasteiger partial charge on any atom is -0.462 e. The molecule has 2 N–H and O–H groups in total. The van der Waals surface area contributed by atoms with E-state index in [1.807, 2.05) is 0 Å². The van der Waals surface area contributed by atoms with Crippen molar-refractivity contribution in [1.29, 1.82) is 0 Å². The number of halogens is 1. The summed E-state index contributed by atoms with van der Waals surface area (Å²) >= 11 is 5.79. The highest BCUT2D eigenvalue weighted by molar-refractivity contribution is 6.33. The zero-order valence-corrected chi connectivity index (χ0v) is 8.89. The van der Waals surface area contributed by atoms with Gasteiger partial charge in [0.15, 0.2) is 0 Å². The Morgan fingerprint density at radius 2 is 2.21 bits per heavy atom. The minimum atomic E-state index is -0.367. The van der Waals surface area contributed by atoms with Crippen LogP contribution in [-0.4, -0.2) is 12.6 Å². The van der Waals surface area contributed by atoms with E-state index < -0.39 is 0 Å². The predicted octanol–water partition coefficient (Wildman–Crippen LogP) is 2.41. The third-order valence-corrected chi connectivity index (χ3v) is 2.17. The standard InChI is InChI=1S/C10H12ClNO2/c1-3-14-10(13)7-5-9(12)8(11)4-6(7)2/h4-5H,3,12H2,1-2H3. The normalized spacial score (nSPS) is 9.93. The maximum absolute atomic E-state index is 11.4. The molecule has 0 heterocycles. The van der Waals surface area contributed by atoms with Crippen molar-refractivity contribution in [3.8, 4) is 0 Å². The summed E-state index contributed by atoms with van der Waals surface area (Å²) in [4.78, 5) is 11.4. The van der Waals surface area contributed by atoms with Crippen molar-refractivity contribution in [2.45, 2.75) is 13.8 Å². The van der Waals surface area contributed by atoms with Gasteiger partial charge in [-0.2, -0.15) is 0 Å². The Morgan fingerprint density at radius 1 is 1.57 bits per heavy atom. The highest BCUT2D eigenvalue weighted by atomic mass is 35.5. The second-order valence-corrected chi connectivity index (χ2v) is 3.32. The van der Waals surface area contributed by atoms with Gasteiger partial charge in [-0.1, -0.05) is 11.6 Å². The van der Waals surface area contributed by atoms with Crippen LogP contribution in [0, 0.1) is 6.92 Å². The molecule has 3 nitrogen and oxygen atoms in total. The molecule has 0 saturated heterocycles. The molecule has 0 amide bonds. The van der Waals surface area contributed by atoms with E-state index in [2.05, 4.69) is 0 Å². The Balaban J connectivity index is 3.09. The van der Waals surface area contributed by atoms with Crippen LogP contribution in [0.5, 0.6) is 0 Å². The number of esters is 1. The van der Waals surface area contributed by atoms with Gasteiger partial charge in [0, 0.05) is 0 Å². The fourth-order valence-corrected chi connectivity index (χ4v) is 1.34. The number of rotatable bonds is 2. The molecule has 1 aromatic rings. The molecule has 0 aromatic heterocycles. The van der Waals surface area contributed by atoms with Crippen molar-refractivity contribution in [2.75, 3.05) is 12.3 Å². The maximum atomic E-state index is 11.4. The van der Waals surface area contributed by atoms with Gasteiger partial charge in [0.05, 0.1) is 22.9 Å². The first-order valence-electron chi connectivity index (χ1n) is 4.29. The minimum absolute atomic E-state index is 0.348. The molecule has 0 saturated carbocycles. The molecule has 0 radical (unpaired) electrons. The highest BCUT2D eigenvalue weighted by Gasteiger charge is 2.11. The van der Waals surface area contributed by atoms with Crippen LogP contribution >= 0.6 is 11.6 Å².